The van der Waals surface area contributed by atoms with E-state index in [1.54, 1.807) is 0 Å². The number of anilines is 2. The van der Waals surface area contributed by atoms with E-state index >= 15 is 0 Å². The summed E-state index contributed by atoms with van der Waals surface area (Å²) in [5.74, 6) is 0.692. The molecule has 3 aliphatic rings. The van der Waals surface area contributed by atoms with Crippen LogP contribution in [0.2, 0.25) is 0 Å². The summed E-state index contributed by atoms with van der Waals surface area (Å²) in [6, 6.07) is 8.19. The Kier molecular flexibility index (Phi) is 5.65. The Labute approximate surface area is 162 Å². The number of rotatable bonds is 4. The van der Waals surface area contributed by atoms with Crippen LogP contribution in [0.25, 0.3) is 0 Å². The highest BCUT2D eigenvalue weighted by molar-refractivity contribution is 5.96. The Hall–Kier alpha value is -2.04. The molecule has 0 bridgehead atoms. The zero-order valence-corrected chi connectivity index (χ0v) is 16.2. The molecule has 2 aliphatic heterocycles. The van der Waals surface area contributed by atoms with Gasteiger partial charge in [0, 0.05) is 38.0 Å². The topological polar surface area (TPSA) is 52.7 Å². The van der Waals surface area contributed by atoms with Crippen LogP contribution in [0.15, 0.2) is 24.3 Å². The predicted octanol–water partition coefficient (Wildman–Crippen LogP) is 3.65. The maximum absolute atomic E-state index is 12.9. The van der Waals surface area contributed by atoms with Gasteiger partial charge in [0.05, 0.1) is 11.4 Å². The van der Waals surface area contributed by atoms with Crippen LogP contribution in [0.4, 0.5) is 11.4 Å². The highest BCUT2D eigenvalue weighted by Crippen LogP contribution is 2.33. The number of carbonyl (C=O) groups is 2. The van der Waals surface area contributed by atoms with E-state index in [-0.39, 0.29) is 17.7 Å². The molecule has 0 spiro atoms. The Morgan fingerprint density at radius 3 is 2.15 bits per heavy atom. The number of carbonyl (C=O) groups excluding carboxylic acids is 2. The van der Waals surface area contributed by atoms with Gasteiger partial charge in [0.1, 0.15) is 0 Å². The first-order chi connectivity index (χ1) is 13.2. The molecule has 1 aliphatic carbocycles. The second kappa shape index (κ2) is 8.32. The van der Waals surface area contributed by atoms with Crippen molar-refractivity contribution in [1.29, 1.82) is 0 Å². The molecule has 2 amide bonds. The lowest BCUT2D eigenvalue weighted by molar-refractivity contribution is -0.135. The quantitative estimate of drug-likeness (QED) is 0.881. The third-order valence-corrected chi connectivity index (χ3v) is 6.21. The van der Waals surface area contributed by atoms with Gasteiger partial charge in [0.2, 0.25) is 11.8 Å². The second-order valence-electron chi connectivity index (χ2n) is 8.28. The molecule has 1 aromatic carbocycles. The molecule has 0 aromatic heterocycles. The molecule has 146 valence electrons. The van der Waals surface area contributed by atoms with Gasteiger partial charge in [-0.25, -0.2) is 0 Å². The number of hydrogen-bond acceptors (Lipinski definition) is 3. The smallest absolute Gasteiger partial charge is 0.227 e. The summed E-state index contributed by atoms with van der Waals surface area (Å²) in [6.07, 6.45) is 8.67. The maximum atomic E-state index is 12.9. The molecule has 0 unspecified atom stereocenters. The Morgan fingerprint density at radius 1 is 0.815 bits per heavy atom. The largest absolute Gasteiger partial charge is 0.370 e. The van der Waals surface area contributed by atoms with Crippen LogP contribution >= 0.6 is 0 Å². The van der Waals surface area contributed by atoms with E-state index in [1.165, 1.54) is 25.7 Å². The number of nitrogens with zero attached hydrogens (tertiary/aromatic N) is 2. The number of benzene rings is 1. The molecule has 1 N–H and O–H groups in total. The van der Waals surface area contributed by atoms with Gasteiger partial charge in [-0.2, -0.15) is 0 Å². The molecular formula is C22H31N3O2. The number of amides is 2. The molecule has 2 saturated heterocycles. The molecule has 3 fully saturated rings. The Morgan fingerprint density at radius 2 is 1.48 bits per heavy atom. The first kappa shape index (κ1) is 18.3. The van der Waals surface area contributed by atoms with Crippen LogP contribution in [0, 0.1) is 11.8 Å². The van der Waals surface area contributed by atoms with Gasteiger partial charge in [0.25, 0.3) is 0 Å². The molecule has 5 nitrogen and oxygen atoms in total. The third kappa shape index (κ3) is 4.45. The van der Waals surface area contributed by atoms with Crippen LogP contribution < -0.4 is 10.2 Å². The third-order valence-electron chi connectivity index (χ3n) is 6.21. The van der Waals surface area contributed by atoms with E-state index in [4.69, 9.17) is 0 Å². The number of para-hydroxylation sites is 2. The molecule has 1 saturated carbocycles. The van der Waals surface area contributed by atoms with Gasteiger partial charge in [-0.15, -0.1) is 0 Å². The van der Waals surface area contributed by atoms with Gasteiger partial charge < -0.3 is 15.1 Å². The normalized spacial score (nSPS) is 21.6. The van der Waals surface area contributed by atoms with Gasteiger partial charge in [-0.1, -0.05) is 25.0 Å². The van der Waals surface area contributed by atoms with E-state index in [0.29, 0.717) is 5.91 Å². The standard InChI is InChI=1S/C22H31N3O2/c26-21(17-11-15-25(16-12-17)22(27)18-9-10-18)23-19-7-3-4-8-20(19)24-13-5-1-2-6-14-24/h3-4,7-8,17-18H,1-2,5-6,9-16H2,(H,23,26). The molecule has 27 heavy (non-hydrogen) atoms. The summed E-state index contributed by atoms with van der Waals surface area (Å²) >= 11 is 0. The van der Waals surface area contributed by atoms with Crippen molar-refractivity contribution in [2.45, 2.75) is 51.4 Å². The minimum absolute atomic E-state index is 0.00504. The SMILES string of the molecule is O=C(Nc1ccccc1N1CCCCCC1)C1CCN(C(=O)C2CC2)CC1. The molecule has 1 aromatic rings. The lowest BCUT2D eigenvalue weighted by Gasteiger charge is -2.32. The number of likely N-dealkylation sites (tertiary alicyclic amines) is 1. The van der Waals surface area contributed by atoms with Crippen molar-refractivity contribution in [3.8, 4) is 0 Å². The Bertz CT molecular complexity index is 670. The summed E-state index contributed by atoms with van der Waals surface area (Å²) in [5.41, 5.74) is 2.08. The summed E-state index contributed by atoms with van der Waals surface area (Å²) in [6.45, 7) is 3.57. The van der Waals surface area contributed by atoms with Crippen molar-refractivity contribution >= 4 is 23.2 Å². The fourth-order valence-electron chi connectivity index (χ4n) is 4.35. The van der Waals surface area contributed by atoms with Crippen molar-refractivity contribution in [1.82, 2.24) is 4.90 Å². The van der Waals surface area contributed by atoms with E-state index in [2.05, 4.69) is 22.3 Å². The van der Waals surface area contributed by atoms with E-state index < -0.39 is 0 Å². The fourth-order valence-corrected chi connectivity index (χ4v) is 4.35. The highest BCUT2D eigenvalue weighted by atomic mass is 16.2. The van der Waals surface area contributed by atoms with Gasteiger partial charge in [-0.3, -0.25) is 9.59 Å². The van der Waals surface area contributed by atoms with Crippen LogP contribution in [0.3, 0.4) is 0 Å². The zero-order chi connectivity index (χ0) is 18.6. The minimum atomic E-state index is 0.00504. The number of piperidine rings is 1. The lowest BCUT2D eigenvalue weighted by Crippen LogP contribution is -2.42. The van der Waals surface area contributed by atoms with Crippen molar-refractivity contribution < 1.29 is 9.59 Å². The zero-order valence-electron chi connectivity index (χ0n) is 16.2. The molecule has 0 atom stereocenters. The minimum Gasteiger partial charge on any atom is -0.370 e. The van der Waals surface area contributed by atoms with Crippen molar-refractivity contribution in [2.24, 2.45) is 11.8 Å². The monoisotopic (exact) mass is 369 g/mol. The van der Waals surface area contributed by atoms with Crippen molar-refractivity contribution in [2.75, 3.05) is 36.4 Å². The highest BCUT2D eigenvalue weighted by Gasteiger charge is 2.36. The first-order valence-electron chi connectivity index (χ1n) is 10.7. The summed E-state index contributed by atoms with van der Waals surface area (Å²) in [4.78, 5) is 29.4. The second-order valence-corrected chi connectivity index (χ2v) is 8.28. The van der Waals surface area contributed by atoms with E-state index in [9.17, 15) is 9.59 Å². The summed E-state index contributed by atoms with van der Waals surface area (Å²) in [7, 11) is 0. The van der Waals surface area contributed by atoms with Gasteiger partial charge in [-0.05, 0) is 50.7 Å². The van der Waals surface area contributed by atoms with Crippen molar-refractivity contribution in [3.05, 3.63) is 24.3 Å². The van der Waals surface area contributed by atoms with Gasteiger partial charge in [0.15, 0.2) is 0 Å². The maximum Gasteiger partial charge on any atom is 0.227 e. The van der Waals surface area contributed by atoms with E-state index in [1.807, 2.05) is 17.0 Å². The number of hydrogen-bond donors (Lipinski definition) is 1. The molecule has 4 rings (SSSR count). The van der Waals surface area contributed by atoms with Crippen LogP contribution in [-0.2, 0) is 9.59 Å². The average Bonchev–Trinajstić information content (AvgIpc) is 3.55. The van der Waals surface area contributed by atoms with Crippen molar-refractivity contribution in [3.63, 3.8) is 0 Å². The van der Waals surface area contributed by atoms with Crippen LogP contribution in [-0.4, -0.2) is 42.9 Å². The van der Waals surface area contributed by atoms with E-state index in [0.717, 1.165) is 63.2 Å². The van der Waals surface area contributed by atoms with Crippen LogP contribution in [0.1, 0.15) is 51.4 Å². The molecule has 0 radical (unpaired) electrons. The first-order valence-corrected chi connectivity index (χ1v) is 10.7. The summed E-state index contributed by atoms with van der Waals surface area (Å²) in [5, 5.41) is 3.19. The molecule has 2 heterocycles. The number of nitrogens with one attached hydrogen (secondary N) is 1. The van der Waals surface area contributed by atoms with Crippen LogP contribution in [0.5, 0.6) is 0 Å². The Balaban J connectivity index is 1.36. The van der Waals surface area contributed by atoms with Gasteiger partial charge >= 0.3 is 0 Å². The average molecular weight is 370 g/mol. The molecule has 5 heteroatoms. The summed E-state index contributed by atoms with van der Waals surface area (Å²) < 4.78 is 0. The lowest BCUT2D eigenvalue weighted by atomic mass is 9.95. The molecular weight excluding hydrogens is 338 g/mol. The fraction of sp³-hybridized carbons (Fsp3) is 0.636. The predicted molar refractivity (Wildman–Crippen MR) is 108 cm³/mol.